The Hall–Kier alpha value is -2.74. The number of nitrogens with zero attached hydrogens (tertiary/aromatic N) is 4. The molecule has 3 atom stereocenters. The summed E-state index contributed by atoms with van der Waals surface area (Å²) >= 11 is 5.59. The summed E-state index contributed by atoms with van der Waals surface area (Å²) in [7, 11) is 0. The summed E-state index contributed by atoms with van der Waals surface area (Å²) in [4.78, 5) is 46.0. The Balaban J connectivity index is 1.47. The molecular formula is C28H32BrIN6O4. The van der Waals surface area contributed by atoms with Gasteiger partial charge in [-0.2, -0.15) is 5.10 Å². The maximum atomic E-state index is 13.9. The summed E-state index contributed by atoms with van der Waals surface area (Å²) in [5.74, 6) is 0.425. The molecule has 2 aromatic heterocycles. The van der Waals surface area contributed by atoms with E-state index in [2.05, 4.69) is 59.2 Å². The van der Waals surface area contributed by atoms with Gasteiger partial charge in [0.25, 0.3) is 0 Å². The average Bonchev–Trinajstić information content (AvgIpc) is 3.42. The lowest BCUT2D eigenvalue weighted by Gasteiger charge is -2.27. The molecule has 0 radical (unpaired) electrons. The Bertz CT molecular complexity index is 1480. The van der Waals surface area contributed by atoms with Gasteiger partial charge in [-0.1, -0.05) is 35.6 Å². The minimum Gasteiger partial charge on any atom is -0.491 e. The fourth-order valence-corrected chi connectivity index (χ4v) is 6.60. The number of anilines is 2. The molecule has 40 heavy (non-hydrogen) atoms. The Kier molecular flexibility index (Phi) is 8.64. The molecule has 0 spiro atoms. The largest absolute Gasteiger partial charge is 0.491 e. The zero-order chi connectivity index (χ0) is 28.6. The van der Waals surface area contributed by atoms with Gasteiger partial charge < -0.3 is 20.3 Å². The molecule has 1 fully saturated rings. The van der Waals surface area contributed by atoms with Crippen LogP contribution < -0.4 is 15.4 Å². The lowest BCUT2D eigenvalue weighted by molar-refractivity contribution is -0.137. The highest BCUT2D eigenvalue weighted by Gasteiger charge is 2.44. The first-order valence-electron chi connectivity index (χ1n) is 13.5. The molecule has 2 N–H and O–H groups in total. The van der Waals surface area contributed by atoms with Crippen molar-refractivity contribution >= 4 is 78.5 Å². The Morgan fingerprint density at radius 2 is 2.02 bits per heavy atom. The number of aromatic nitrogens is 3. The third-order valence-corrected chi connectivity index (χ3v) is 9.67. The molecule has 12 heteroatoms. The molecule has 0 saturated carbocycles. The first kappa shape index (κ1) is 28.8. The number of rotatable bonds is 5. The summed E-state index contributed by atoms with van der Waals surface area (Å²) in [6.45, 7) is 6.62. The number of pyridine rings is 1. The second kappa shape index (κ2) is 12.0. The van der Waals surface area contributed by atoms with E-state index in [1.807, 2.05) is 38.1 Å². The van der Waals surface area contributed by atoms with Crippen molar-refractivity contribution in [3.63, 3.8) is 0 Å². The summed E-state index contributed by atoms with van der Waals surface area (Å²) in [5.41, 5.74) is 2.58. The van der Waals surface area contributed by atoms with Crippen LogP contribution in [0.4, 0.5) is 11.5 Å². The predicted molar refractivity (Wildman–Crippen MR) is 165 cm³/mol. The van der Waals surface area contributed by atoms with Crippen LogP contribution in [-0.2, 0) is 16.1 Å². The molecule has 1 saturated heterocycles. The number of ketones is 1. The number of fused-ring (bicyclic) bond motifs is 4. The molecule has 212 valence electrons. The quantitative estimate of drug-likeness (QED) is 0.120. The number of benzene rings is 1. The Morgan fingerprint density at radius 1 is 1.23 bits per heavy atom. The number of likely N-dealkylation sites (tertiary alicyclic amines) is 1. The molecule has 2 bridgehead atoms. The number of carbonyl (C=O) groups is 3. The van der Waals surface area contributed by atoms with Gasteiger partial charge in [0.1, 0.15) is 40.0 Å². The van der Waals surface area contributed by atoms with Gasteiger partial charge in [-0.3, -0.25) is 19.1 Å². The summed E-state index contributed by atoms with van der Waals surface area (Å²) in [6.07, 6.45) is 3.51. The van der Waals surface area contributed by atoms with Crippen molar-refractivity contribution in [3.8, 4) is 5.75 Å². The fourth-order valence-electron chi connectivity index (χ4n) is 5.29. The minimum absolute atomic E-state index is 0.108. The van der Waals surface area contributed by atoms with Crippen molar-refractivity contribution in [2.24, 2.45) is 5.92 Å². The van der Waals surface area contributed by atoms with Gasteiger partial charge in [0, 0.05) is 30.6 Å². The molecule has 0 unspecified atom stereocenters. The van der Waals surface area contributed by atoms with Gasteiger partial charge in [0.05, 0.1) is 10.7 Å². The third-order valence-electron chi connectivity index (χ3n) is 7.40. The second-order valence-electron chi connectivity index (χ2n) is 10.5. The van der Waals surface area contributed by atoms with E-state index >= 15 is 0 Å². The number of aryl methyl sites for hydroxylation is 1. The van der Waals surface area contributed by atoms with Crippen molar-refractivity contribution in [2.45, 2.75) is 63.1 Å². The molecule has 5 rings (SSSR count). The first-order chi connectivity index (χ1) is 19.1. The molecule has 1 aromatic carbocycles. The second-order valence-corrected chi connectivity index (χ2v) is 12.5. The number of hydrogen-bond acceptors (Lipinski definition) is 7. The van der Waals surface area contributed by atoms with Gasteiger partial charge in [-0.05, 0) is 72.2 Å². The van der Waals surface area contributed by atoms with Crippen molar-refractivity contribution < 1.29 is 19.1 Å². The van der Waals surface area contributed by atoms with Crippen LogP contribution in [0.3, 0.4) is 0 Å². The van der Waals surface area contributed by atoms with Gasteiger partial charge in [-0.25, -0.2) is 4.98 Å². The standard InChI is InChI=1S/C28H32BrIN6O4/c1-15-7-8-22(29)32-27(15)33-28(39)20-11-16(2)26(30)36(20)23(38)14-35-25-19(24(34-35)17(3)37)12-18-13-21(25)40-10-6-4-5-9-31-18/h7-8,12-13,16,20,26,31H,4-6,9-11,14H2,1-3H3,(H,32,33,39)/t16-,20-,26-/m0/s1. The van der Waals surface area contributed by atoms with Crippen LogP contribution in [0.2, 0.25) is 0 Å². The van der Waals surface area contributed by atoms with E-state index in [0.29, 0.717) is 45.8 Å². The minimum atomic E-state index is -0.664. The van der Waals surface area contributed by atoms with Gasteiger partial charge in [0.2, 0.25) is 11.8 Å². The number of hydrogen-bond donors (Lipinski definition) is 2. The number of halogens is 2. The third kappa shape index (κ3) is 5.83. The van der Waals surface area contributed by atoms with Crippen molar-refractivity contribution in [2.75, 3.05) is 23.8 Å². The molecule has 3 aromatic rings. The van der Waals surface area contributed by atoms with E-state index in [0.717, 1.165) is 37.1 Å². The number of amides is 2. The topological polar surface area (TPSA) is 118 Å². The molecule has 0 aliphatic carbocycles. The van der Waals surface area contributed by atoms with E-state index in [-0.39, 0.29) is 34.1 Å². The zero-order valence-corrected chi connectivity index (χ0v) is 26.4. The van der Waals surface area contributed by atoms with Crippen LogP contribution >= 0.6 is 38.5 Å². The van der Waals surface area contributed by atoms with Gasteiger partial charge in [0.15, 0.2) is 5.78 Å². The molecule has 10 nitrogen and oxygen atoms in total. The average molecular weight is 723 g/mol. The molecular weight excluding hydrogens is 691 g/mol. The van der Waals surface area contributed by atoms with Crippen molar-refractivity contribution in [1.82, 2.24) is 19.7 Å². The summed E-state index contributed by atoms with van der Waals surface area (Å²) in [6, 6.07) is 6.82. The monoisotopic (exact) mass is 722 g/mol. The van der Waals surface area contributed by atoms with Crippen molar-refractivity contribution in [3.05, 3.63) is 40.1 Å². The van der Waals surface area contributed by atoms with Crippen LogP contribution in [0.25, 0.3) is 10.9 Å². The number of carbonyl (C=O) groups excluding carboxylic acids is 3. The normalized spacial score (nSPS) is 21.0. The van der Waals surface area contributed by atoms with Gasteiger partial charge >= 0.3 is 0 Å². The SMILES string of the molecule is CC(=O)c1nn(CC(=O)N2[C@H](I)[C@@H](C)C[C@H]2C(=O)Nc2nc(Br)ccc2C)c2c3cc(cc12)NCCCCCO3. The molecule has 2 amide bonds. The fraction of sp³-hybridized carbons (Fsp3) is 0.464. The zero-order valence-electron chi connectivity index (χ0n) is 22.7. The maximum Gasteiger partial charge on any atom is 0.248 e. The van der Waals surface area contributed by atoms with E-state index in [4.69, 9.17) is 4.74 Å². The summed E-state index contributed by atoms with van der Waals surface area (Å²) < 4.78 is 8.13. The highest BCUT2D eigenvalue weighted by Crippen LogP contribution is 2.37. The van der Waals surface area contributed by atoms with Crippen molar-refractivity contribution in [1.29, 1.82) is 0 Å². The molecule has 4 heterocycles. The van der Waals surface area contributed by atoms with E-state index in [1.165, 1.54) is 6.92 Å². The lowest BCUT2D eigenvalue weighted by Crippen LogP contribution is -2.47. The highest BCUT2D eigenvalue weighted by molar-refractivity contribution is 14.1. The number of ether oxygens (including phenoxy) is 1. The van der Waals surface area contributed by atoms with Crippen LogP contribution in [0.5, 0.6) is 5.75 Å². The van der Waals surface area contributed by atoms with E-state index in [1.54, 1.807) is 9.58 Å². The Labute approximate surface area is 254 Å². The maximum absolute atomic E-state index is 13.9. The van der Waals surface area contributed by atoms with E-state index in [9.17, 15) is 14.4 Å². The van der Waals surface area contributed by atoms with Crippen LogP contribution in [0, 0.1) is 12.8 Å². The number of nitrogens with one attached hydrogen (secondary N) is 2. The highest BCUT2D eigenvalue weighted by atomic mass is 127. The van der Waals surface area contributed by atoms with Crippen LogP contribution in [-0.4, -0.2) is 60.5 Å². The van der Waals surface area contributed by atoms with Crippen LogP contribution in [0.1, 0.15) is 55.6 Å². The number of Topliss-reactive ketones (excluding diaryl/α,β-unsaturated/α-hetero) is 1. The van der Waals surface area contributed by atoms with Gasteiger partial charge in [-0.15, -0.1) is 0 Å². The number of alkyl halides is 1. The predicted octanol–water partition coefficient (Wildman–Crippen LogP) is 5.32. The molecule has 2 aliphatic rings. The summed E-state index contributed by atoms with van der Waals surface area (Å²) in [5, 5.41) is 11.6. The smallest absolute Gasteiger partial charge is 0.248 e. The Morgan fingerprint density at radius 3 is 2.80 bits per heavy atom. The molecule has 2 aliphatic heterocycles. The first-order valence-corrected chi connectivity index (χ1v) is 15.5. The lowest BCUT2D eigenvalue weighted by atomic mass is 10.1. The van der Waals surface area contributed by atoms with E-state index < -0.39 is 6.04 Å². The van der Waals surface area contributed by atoms with Crippen LogP contribution in [0.15, 0.2) is 28.9 Å².